The van der Waals surface area contributed by atoms with Crippen molar-refractivity contribution in [3.63, 3.8) is 0 Å². The molecule has 2 aromatic rings. The Morgan fingerprint density at radius 2 is 1.50 bits per heavy atom. The number of carbonyl (C=O) groups excluding carboxylic acids is 1. The van der Waals surface area contributed by atoms with E-state index in [1.165, 1.54) is 12.2 Å². The van der Waals surface area contributed by atoms with Crippen LogP contribution >= 0.6 is 7.60 Å². The van der Waals surface area contributed by atoms with Crippen molar-refractivity contribution in [3.05, 3.63) is 72.8 Å². The first-order valence-electron chi connectivity index (χ1n) is 8.49. The van der Waals surface area contributed by atoms with Gasteiger partial charge in [0.25, 0.3) is 0 Å². The lowest BCUT2D eigenvalue weighted by atomic mass is 10.2. The molecular formula is C20H24NO4P. The maximum atomic E-state index is 13.2. The summed E-state index contributed by atoms with van der Waals surface area (Å²) < 4.78 is 24.4. The standard InChI is InChI=1S/C20H24NO4P/c1-17(2)16-21-20(22)14-9-15-26(23,24-18-10-5-3-6-11-18)25-19-12-7-4-8-13-19/h3-14,17H,15-16H2,1-2H3,(H,21,22)/b14-9+. The first-order chi connectivity index (χ1) is 12.5. The van der Waals surface area contributed by atoms with Crippen LogP contribution in [0.2, 0.25) is 0 Å². The first kappa shape index (κ1) is 19.8. The van der Waals surface area contributed by atoms with E-state index in [0.29, 0.717) is 24.0 Å². The molecule has 2 aromatic carbocycles. The number of carbonyl (C=O) groups is 1. The summed E-state index contributed by atoms with van der Waals surface area (Å²) in [6.07, 6.45) is 2.85. The molecule has 0 spiro atoms. The molecule has 0 bridgehead atoms. The van der Waals surface area contributed by atoms with Crippen molar-refractivity contribution in [2.75, 3.05) is 12.7 Å². The van der Waals surface area contributed by atoms with Gasteiger partial charge in [0.2, 0.25) is 5.91 Å². The smallest absolute Gasteiger partial charge is 0.416 e. The second-order valence-electron chi connectivity index (χ2n) is 6.14. The van der Waals surface area contributed by atoms with E-state index in [1.807, 2.05) is 26.0 Å². The van der Waals surface area contributed by atoms with Gasteiger partial charge in [-0.2, -0.15) is 0 Å². The Morgan fingerprint density at radius 3 is 1.96 bits per heavy atom. The van der Waals surface area contributed by atoms with Crippen LogP contribution in [0.4, 0.5) is 0 Å². The summed E-state index contributed by atoms with van der Waals surface area (Å²) in [5.41, 5.74) is 0. The van der Waals surface area contributed by atoms with Crippen LogP contribution < -0.4 is 14.4 Å². The highest BCUT2D eigenvalue weighted by Gasteiger charge is 2.26. The van der Waals surface area contributed by atoms with Crippen molar-refractivity contribution >= 4 is 13.5 Å². The molecule has 1 N–H and O–H groups in total. The van der Waals surface area contributed by atoms with E-state index in [0.717, 1.165) is 0 Å². The summed E-state index contributed by atoms with van der Waals surface area (Å²) in [7, 11) is -3.52. The second kappa shape index (κ2) is 9.83. The van der Waals surface area contributed by atoms with Crippen LogP contribution in [0.15, 0.2) is 72.8 Å². The Bertz CT molecular complexity index is 714. The van der Waals surface area contributed by atoms with Gasteiger partial charge < -0.3 is 14.4 Å². The van der Waals surface area contributed by atoms with Gasteiger partial charge in [-0.25, -0.2) is 4.57 Å². The molecule has 5 nitrogen and oxygen atoms in total. The maximum absolute atomic E-state index is 13.2. The average Bonchev–Trinajstić information content (AvgIpc) is 2.61. The van der Waals surface area contributed by atoms with Gasteiger partial charge in [0.05, 0.1) is 6.16 Å². The summed E-state index contributed by atoms with van der Waals surface area (Å²) in [4.78, 5) is 11.8. The fraction of sp³-hybridized carbons (Fsp3) is 0.250. The Labute approximate surface area is 154 Å². The third-order valence-corrected chi connectivity index (χ3v) is 4.89. The quantitative estimate of drug-likeness (QED) is 0.513. The number of rotatable bonds is 9. The zero-order chi connectivity index (χ0) is 18.8. The summed E-state index contributed by atoms with van der Waals surface area (Å²) in [6.45, 7) is 4.61. The average molecular weight is 373 g/mol. The lowest BCUT2D eigenvalue weighted by Gasteiger charge is -2.19. The number of para-hydroxylation sites is 2. The highest BCUT2D eigenvalue weighted by molar-refractivity contribution is 7.54. The van der Waals surface area contributed by atoms with Crippen LogP contribution in [-0.4, -0.2) is 18.6 Å². The van der Waals surface area contributed by atoms with Crippen molar-refractivity contribution in [2.24, 2.45) is 5.92 Å². The molecule has 0 saturated heterocycles. The predicted octanol–water partition coefficient (Wildman–Crippen LogP) is 4.67. The van der Waals surface area contributed by atoms with Crippen LogP contribution in [0.3, 0.4) is 0 Å². The predicted molar refractivity (Wildman–Crippen MR) is 104 cm³/mol. The SMILES string of the molecule is CC(C)CNC(=O)/C=C/CP(=O)(Oc1ccccc1)Oc1ccccc1. The molecular weight excluding hydrogens is 349 g/mol. The molecule has 0 aliphatic rings. The molecule has 1 amide bonds. The monoisotopic (exact) mass is 373 g/mol. The molecule has 0 unspecified atom stereocenters. The van der Waals surface area contributed by atoms with Gasteiger partial charge in [-0.15, -0.1) is 0 Å². The zero-order valence-electron chi connectivity index (χ0n) is 15.0. The molecule has 26 heavy (non-hydrogen) atoms. The van der Waals surface area contributed by atoms with Crippen LogP contribution in [0.25, 0.3) is 0 Å². The van der Waals surface area contributed by atoms with Crippen molar-refractivity contribution in [1.29, 1.82) is 0 Å². The molecule has 138 valence electrons. The molecule has 6 heteroatoms. The number of nitrogens with one attached hydrogen (secondary N) is 1. The van der Waals surface area contributed by atoms with Crippen LogP contribution in [-0.2, 0) is 9.36 Å². The summed E-state index contributed by atoms with van der Waals surface area (Å²) in [6, 6.07) is 17.7. The van der Waals surface area contributed by atoms with Gasteiger partial charge >= 0.3 is 7.60 Å². The molecule has 0 atom stereocenters. The van der Waals surface area contributed by atoms with Gasteiger partial charge in [0.15, 0.2) is 0 Å². The van der Waals surface area contributed by atoms with Crippen molar-refractivity contribution in [3.8, 4) is 11.5 Å². The van der Waals surface area contributed by atoms with E-state index < -0.39 is 7.60 Å². The molecule has 0 aliphatic carbocycles. The normalized spacial score (nSPS) is 11.5. The Balaban J connectivity index is 2.07. The molecule has 0 aromatic heterocycles. The lowest BCUT2D eigenvalue weighted by molar-refractivity contribution is -0.116. The molecule has 0 saturated carbocycles. The third kappa shape index (κ3) is 7.16. The van der Waals surface area contributed by atoms with Gasteiger partial charge in [0, 0.05) is 6.54 Å². The van der Waals surface area contributed by atoms with E-state index in [1.54, 1.807) is 48.5 Å². The number of allylic oxidation sites excluding steroid dienone is 1. The minimum absolute atomic E-state index is 0.0219. The Morgan fingerprint density at radius 1 is 1.00 bits per heavy atom. The topological polar surface area (TPSA) is 64.6 Å². The second-order valence-corrected chi connectivity index (χ2v) is 8.10. The third-order valence-electron chi connectivity index (χ3n) is 3.26. The van der Waals surface area contributed by atoms with Gasteiger partial charge in [-0.05, 0) is 36.3 Å². The van der Waals surface area contributed by atoms with E-state index >= 15 is 0 Å². The first-order valence-corrected chi connectivity index (χ1v) is 10.2. The molecule has 0 radical (unpaired) electrons. The lowest BCUT2D eigenvalue weighted by Crippen LogP contribution is -2.25. The Kier molecular flexibility index (Phi) is 7.49. The Hall–Kier alpha value is -2.52. The summed E-state index contributed by atoms with van der Waals surface area (Å²) >= 11 is 0. The largest absolute Gasteiger partial charge is 0.434 e. The summed E-state index contributed by atoms with van der Waals surface area (Å²) in [5.74, 6) is 1.03. The van der Waals surface area contributed by atoms with Gasteiger partial charge in [-0.3, -0.25) is 4.79 Å². The highest BCUT2D eigenvalue weighted by atomic mass is 31.2. The number of hydrogen-bond acceptors (Lipinski definition) is 4. The van der Waals surface area contributed by atoms with Crippen LogP contribution in [0.5, 0.6) is 11.5 Å². The van der Waals surface area contributed by atoms with E-state index in [9.17, 15) is 9.36 Å². The number of amides is 1. The molecule has 0 aliphatic heterocycles. The molecule has 0 fully saturated rings. The van der Waals surface area contributed by atoms with Crippen molar-refractivity contribution in [1.82, 2.24) is 5.32 Å². The fourth-order valence-electron chi connectivity index (χ4n) is 2.03. The maximum Gasteiger partial charge on any atom is 0.434 e. The van der Waals surface area contributed by atoms with E-state index in [-0.39, 0.29) is 12.1 Å². The van der Waals surface area contributed by atoms with E-state index in [4.69, 9.17) is 9.05 Å². The van der Waals surface area contributed by atoms with Crippen LogP contribution in [0.1, 0.15) is 13.8 Å². The minimum atomic E-state index is -3.52. The molecule has 2 rings (SSSR count). The minimum Gasteiger partial charge on any atom is -0.416 e. The zero-order valence-corrected chi connectivity index (χ0v) is 15.9. The van der Waals surface area contributed by atoms with E-state index in [2.05, 4.69) is 5.32 Å². The summed E-state index contributed by atoms with van der Waals surface area (Å²) in [5, 5.41) is 2.77. The van der Waals surface area contributed by atoms with Gasteiger partial charge in [-0.1, -0.05) is 56.3 Å². The van der Waals surface area contributed by atoms with Crippen molar-refractivity contribution in [2.45, 2.75) is 13.8 Å². The van der Waals surface area contributed by atoms with Crippen molar-refractivity contribution < 1.29 is 18.4 Å². The van der Waals surface area contributed by atoms with Gasteiger partial charge in [0.1, 0.15) is 11.5 Å². The highest BCUT2D eigenvalue weighted by Crippen LogP contribution is 2.48. The number of benzene rings is 2. The number of hydrogen-bond donors (Lipinski definition) is 1. The fourth-order valence-corrected chi connectivity index (χ4v) is 3.47. The van der Waals surface area contributed by atoms with Crippen LogP contribution in [0, 0.1) is 5.92 Å². The molecule has 0 heterocycles.